The minimum absolute atomic E-state index is 0.0928. The highest BCUT2D eigenvalue weighted by Gasteiger charge is 2.44. The van der Waals surface area contributed by atoms with Gasteiger partial charge in [0.25, 0.3) is 0 Å². The molecule has 4 rings (SSSR count). The molecule has 1 aliphatic heterocycles. The van der Waals surface area contributed by atoms with E-state index in [1.54, 1.807) is 0 Å². The maximum Gasteiger partial charge on any atom is 0.416 e. The summed E-state index contributed by atoms with van der Waals surface area (Å²) in [5.74, 6) is -0.421. The Labute approximate surface area is 176 Å². The number of fused-ring (bicyclic) bond motifs is 2. The zero-order chi connectivity index (χ0) is 21.5. The van der Waals surface area contributed by atoms with Crippen molar-refractivity contribution in [1.82, 2.24) is 0 Å². The molecule has 30 heavy (non-hydrogen) atoms. The maximum absolute atomic E-state index is 13.8. The van der Waals surface area contributed by atoms with E-state index in [0.717, 1.165) is 49.4 Å². The van der Waals surface area contributed by atoms with Gasteiger partial charge in [-0.25, -0.2) is 4.39 Å². The average molecular weight is 442 g/mol. The van der Waals surface area contributed by atoms with E-state index in [1.165, 1.54) is 18.2 Å². The molecule has 0 saturated heterocycles. The number of carbonyl (C=O) groups is 1. The van der Waals surface area contributed by atoms with Gasteiger partial charge in [0.05, 0.1) is 17.9 Å². The van der Waals surface area contributed by atoms with Crippen molar-refractivity contribution in [3.8, 4) is 5.75 Å². The first-order valence-electron chi connectivity index (χ1n) is 9.76. The fraction of sp³-hybridized carbons (Fsp3) is 0.409. The van der Waals surface area contributed by atoms with Crippen LogP contribution in [0, 0.1) is 11.7 Å². The quantitative estimate of drug-likeness (QED) is 0.564. The van der Waals surface area contributed by atoms with Crippen LogP contribution in [0.2, 0.25) is 5.02 Å². The Morgan fingerprint density at radius 3 is 2.57 bits per heavy atom. The van der Waals surface area contributed by atoms with Crippen molar-refractivity contribution >= 4 is 23.2 Å². The number of carbonyl (C=O) groups excluding carboxylic acids is 1. The summed E-state index contributed by atoms with van der Waals surface area (Å²) in [6.07, 6.45) is -1.17. The summed E-state index contributed by atoms with van der Waals surface area (Å²) in [4.78, 5) is 12.3. The van der Waals surface area contributed by atoms with Crippen LogP contribution in [0.25, 0.3) is 0 Å². The van der Waals surface area contributed by atoms with E-state index in [-0.39, 0.29) is 34.4 Å². The fourth-order valence-corrected chi connectivity index (χ4v) is 4.61. The van der Waals surface area contributed by atoms with Gasteiger partial charge in [0.1, 0.15) is 11.6 Å². The third kappa shape index (κ3) is 4.13. The lowest BCUT2D eigenvalue weighted by molar-refractivity contribution is -0.137. The highest BCUT2D eigenvalue weighted by Crippen LogP contribution is 2.50. The number of hydrogen-bond acceptors (Lipinski definition) is 2. The minimum atomic E-state index is -4.40. The molecular weight excluding hydrogens is 422 g/mol. The van der Waals surface area contributed by atoms with Crippen molar-refractivity contribution in [3.63, 3.8) is 0 Å². The highest BCUT2D eigenvalue weighted by molar-refractivity contribution is 6.30. The molecule has 1 spiro atoms. The van der Waals surface area contributed by atoms with Crippen molar-refractivity contribution in [2.24, 2.45) is 5.92 Å². The average Bonchev–Trinajstić information content (AvgIpc) is 3.03. The van der Waals surface area contributed by atoms with Crippen molar-refractivity contribution in [2.45, 2.75) is 43.7 Å². The third-order valence-corrected chi connectivity index (χ3v) is 6.36. The summed E-state index contributed by atoms with van der Waals surface area (Å²) in [5.41, 5.74) is -0.0932. The zero-order valence-corrected chi connectivity index (χ0v) is 16.7. The lowest BCUT2D eigenvalue weighted by Crippen LogP contribution is -2.34. The Kier molecular flexibility index (Phi) is 5.43. The normalized spacial score (nSPS) is 23.2. The van der Waals surface area contributed by atoms with E-state index < -0.39 is 17.6 Å². The largest absolute Gasteiger partial charge is 0.492 e. The number of amides is 1. The summed E-state index contributed by atoms with van der Waals surface area (Å²) >= 11 is 5.72. The minimum Gasteiger partial charge on any atom is -0.492 e. The lowest BCUT2D eigenvalue weighted by Gasteiger charge is -2.36. The molecule has 8 heteroatoms. The van der Waals surface area contributed by atoms with Crippen LogP contribution in [0.1, 0.15) is 43.2 Å². The smallest absolute Gasteiger partial charge is 0.416 e. The summed E-state index contributed by atoms with van der Waals surface area (Å²) in [6, 6.07) is 7.78. The topological polar surface area (TPSA) is 38.3 Å². The lowest BCUT2D eigenvalue weighted by atomic mass is 9.67. The van der Waals surface area contributed by atoms with E-state index in [9.17, 15) is 22.4 Å². The zero-order valence-electron chi connectivity index (χ0n) is 16.0. The van der Waals surface area contributed by atoms with Gasteiger partial charge < -0.3 is 10.1 Å². The Balaban J connectivity index is 1.37. The highest BCUT2D eigenvalue weighted by atomic mass is 35.5. The summed E-state index contributed by atoms with van der Waals surface area (Å²) in [6.45, 7) is 0.360. The van der Waals surface area contributed by atoms with Gasteiger partial charge >= 0.3 is 6.18 Å². The predicted molar refractivity (Wildman–Crippen MR) is 105 cm³/mol. The van der Waals surface area contributed by atoms with Crippen molar-refractivity contribution in [3.05, 3.63) is 58.4 Å². The number of halogens is 5. The first-order valence-corrected chi connectivity index (χ1v) is 10.1. The number of anilines is 1. The van der Waals surface area contributed by atoms with E-state index in [0.29, 0.717) is 12.4 Å². The van der Waals surface area contributed by atoms with Gasteiger partial charge in [-0.1, -0.05) is 17.7 Å². The van der Waals surface area contributed by atoms with E-state index in [2.05, 4.69) is 5.32 Å². The Morgan fingerprint density at radius 2 is 1.90 bits per heavy atom. The van der Waals surface area contributed by atoms with Gasteiger partial charge in [-0.3, -0.25) is 4.79 Å². The van der Waals surface area contributed by atoms with Gasteiger partial charge in [-0.15, -0.1) is 0 Å². The van der Waals surface area contributed by atoms with Crippen LogP contribution in [-0.2, 0) is 16.4 Å². The molecule has 1 saturated carbocycles. The number of nitrogens with one attached hydrogen (secondary N) is 1. The second kappa shape index (κ2) is 7.76. The molecule has 1 heterocycles. The third-order valence-electron chi connectivity index (χ3n) is 6.13. The van der Waals surface area contributed by atoms with Gasteiger partial charge in [0.15, 0.2) is 0 Å². The molecule has 1 amide bonds. The second-order valence-corrected chi connectivity index (χ2v) is 8.53. The number of benzene rings is 2. The van der Waals surface area contributed by atoms with E-state index in [4.69, 9.17) is 16.3 Å². The maximum atomic E-state index is 13.8. The number of hydrogen-bond donors (Lipinski definition) is 1. The van der Waals surface area contributed by atoms with Crippen LogP contribution in [-0.4, -0.2) is 12.5 Å². The summed E-state index contributed by atoms with van der Waals surface area (Å²) in [7, 11) is 0. The number of rotatable bonds is 3. The molecule has 0 unspecified atom stereocenters. The molecule has 1 fully saturated rings. The molecule has 2 aliphatic rings. The van der Waals surface area contributed by atoms with Gasteiger partial charge in [0.2, 0.25) is 5.91 Å². The van der Waals surface area contributed by atoms with Crippen LogP contribution in [0.3, 0.4) is 0 Å². The fourth-order valence-electron chi connectivity index (χ4n) is 4.45. The van der Waals surface area contributed by atoms with Gasteiger partial charge in [-0.2, -0.15) is 13.2 Å². The molecule has 0 radical (unpaired) electrons. The predicted octanol–water partition coefficient (Wildman–Crippen LogP) is 6.35. The first-order chi connectivity index (χ1) is 14.2. The molecule has 160 valence electrons. The standard InChI is InChI=1S/C22H20ClF4NO2/c23-15-2-4-18(17(24)11-15)28-20(29)9-13-5-7-21(8-6-13)12-30-19-10-14(22(25,26)27)1-3-16(19)21/h1-4,10-11,13H,5-9,12H2,(H,28,29). The molecule has 0 aromatic heterocycles. The molecular formula is C22H20ClF4NO2. The molecule has 2 aromatic rings. The first kappa shape index (κ1) is 21.0. The molecule has 0 bridgehead atoms. The van der Waals surface area contributed by atoms with Crippen LogP contribution in [0.4, 0.5) is 23.2 Å². The van der Waals surface area contributed by atoms with E-state index in [1.807, 2.05) is 0 Å². The summed E-state index contributed by atoms with van der Waals surface area (Å²) < 4.78 is 58.3. The molecule has 1 aliphatic carbocycles. The number of ether oxygens (including phenoxy) is 1. The van der Waals surface area contributed by atoms with Crippen LogP contribution in [0.5, 0.6) is 5.75 Å². The Morgan fingerprint density at radius 1 is 1.17 bits per heavy atom. The molecule has 2 aromatic carbocycles. The van der Waals surface area contributed by atoms with Crippen molar-refractivity contribution < 1.29 is 27.1 Å². The van der Waals surface area contributed by atoms with Gasteiger partial charge in [-0.05, 0) is 61.9 Å². The van der Waals surface area contributed by atoms with Crippen molar-refractivity contribution in [1.29, 1.82) is 0 Å². The monoisotopic (exact) mass is 441 g/mol. The van der Waals surface area contributed by atoms with Gasteiger partial charge in [0, 0.05) is 22.4 Å². The summed E-state index contributed by atoms with van der Waals surface area (Å²) in [5, 5.41) is 2.83. The van der Waals surface area contributed by atoms with Crippen LogP contribution in [0.15, 0.2) is 36.4 Å². The second-order valence-electron chi connectivity index (χ2n) is 8.10. The molecule has 1 N–H and O–H groups in total. The molecule has 3 nitrogen and oxygen atoms in total. The Bertz CT molecular complexity index is 968. The van der Waals surface area contributed by atoms with E-state index >= 15 is 0 Å². The molecule has 0 atom stereocenters. The Hall–Kier alpha value is -2.28. The number of alkyl halides is 3. The van der Waals surface area contributed by atoms with Crippen LogP contribution >= 0.6 is 11.6 Å². The van der Waals surface area contributed by atoms with Crippen LogP contribution < -0.4 is 10.1 Å². The van der Waals surface area contributed by atoms with Crippen molar-refractivity contribution in [2.75, 3.05) is 11.9 Å². The SMILES string of the molecule is O=C(CC1CCC2(CC1)COc1cc(C(F)(F)F)ccc12)Nc1ccc(Cl)cc1F.